The molecule has 1 unspecified atom stereocenters. The molecular weight excluding hydrogens is 250 g/mol. The zero-order chi connectivity index (χ0) is 14.7. The van der Waals surface area contributed by atoms with Crippen LogP contribution in [0.25, 0.3) is 0 Å². The average Bonchev–Trinajstić information content (AvgIpc) is 3.19. The Balaban J connectivity index is 2.26. The molecule has 110 valence electrons. The maximum Gasteiger partial charge on any atom is 0.329 e. The van der Waals surface area contributed by atoms with Gasteiger partial charge in [-0.25, -0.2) is 4.79 Å². The second-order valence-electron chi connectivity index (χ2n) is 6.15. The molecule has 20 heavy (non-hydrogen) atoms. The van der Waals surface area contributed by atoms with Crippen molar-refractivity contribution in [3.8, 4) is 0 Å². The number of ether oxygens (including phenoxy) is 1. The molecule has 0 saturated heterocycles. The maximum absolute atomic E-state index is 12.5. The van der Waals surface area contributed by atoms with E-state index in [0.717, 1.165) is 18.5 Å². The van der Waals surface area contributed by atoms with Gasteiger partial charge in [-0.15, -0.1) is 0 Å². The molecule has 1 aromatic rings. The number of hydrogen-bond donors (Lipinski definition) is 0. The first-order valence-corrected chi connectivity index (χ1v) is 7.54. The predicted octanol–water partition coefficient (Wildman–Crippen LogP) is 3.63. The van der Waals surface area contributed by atoms with Crippen molar-refractivity contribution in [1.82, 2.24) is 0 Å². The van der Waals surface area contributed by atoms with E-state index >= 15 is 0 Å². The van der Waals surface area contributed by atoms with E-state index in [2.05, 4.69) is 30.9 Å². The van der Waals surface area contributed by atoms with Crippen molar-refractivity contribution in [1.29, 1.82) is 0 Å². The SMILES string of the molecule is CC(C)OC(=O)C(C(C)C)N(c1ccccc1)C1CC1. The van der Waals surface area contributed by atoms with Crippen LogP contribution in [0.2, 0.25) is 0 Å². The Bertz CT molecular complexity index is 438. The normalized spacial score (nSPS) is 16.3. The molecule has 1 atom stereocenters. The van der Waals surface area contributed by atoms with Gasteiger partial charge >= 0.3 is 5.97 Å². The van der Waals surface area contributed by atoms with Crippen LogP contribution in [0.3, 0.4) is 0 Å². The van der Waals surface area contributed by atoms with Crippen molar-refractivity contribution in [2.24, 2.45) is 5.92 Å². The number of para-hydroxylation sites is 1. The first-order valence-electron chi connectivity index (χ1n) is 7.54. The van der Waals surface area contributed by atoms with Crippen molar-refractivity contribution < 1.29 is 9.53 Å². The Morgan fingerprint density at radius 1 is 1.15 bits per heavy atom. The minimum Gasteiger partial charge on any atom is -0.461 e. The van der Waals surface area contributed by atoms with Crippen molar-refractivity contribution in [2.45, 2.75) is 58.7 Å². The molecule has 1 aliphatic rings. The van der Waals surface area contributed by atoms with E-state index in [1.807, 2.05) is 32.0 Å². The van der Waals surface area contributed by atoms with E-state index < -0.39 is 0 Å². The van der Waals surface area contributed by atoms with Crippen LogP contribution in [0.4, 0.5) is 5.69 Å². The Hall–Kier alpha value is -1.51. The molecule has 3 heteroatoms. The van der Waals surface area contributed by atoms with Crippen LogP contribution in [0.15, 0.2) is 30.3 Å². The van der Waals surface area contributed by atoms with Crippen LogP contribution in [-0.4, -0.2) is 24.2 Å². The van der Waals surface area contributed by atoms with E-state index in [1.165, 1.54) is 0 Å². The van der Waals surface area contributed by atoms with Gasteiger partial charge in [-0.05, 0) is 44.7 Å². The van der Waals surface area contributed by atoms with E-state index in [9.17, 15) is 4.79 Å². The summed E-state index contributed by atoms with van der Waals surface area (Å²) in [5, 5.41) is 0. The first kappa shape index (κ1) is 14.9. The fourth-order valence-electron chi connectivity index (χ4n) is 2.56. The lowest BCUT2D eigenvalue weighted by molar-refractivity contribution is -0.150. The van der Waals surface area contributed by atoms with Crippen molar-refractivity contribution >= 4 is 11.7 Å². The molecule has 0 spiro atoms. The standard InChI is InChI=1S/C17H25NO2/c1-12(2)16(17(19)20-13(3)4)18(15-10-11-15)14-8-6-5-7-9-14/h5-9,12-13,15-16H,10-11H2,1-4H3. The number of carbonyl (C=O) groups is 1. The van der Waals surface area contributed by atoms with Gasteiger partial charge in [0.25, 0.3) is 0 Å². The monoisotopic (exact) mass is 275 g/mol. The second-order valence-corrected chi connectivity index (χ2v) is 6.15. The number of nitrogens with zero attached hydrogens (tertiary/aromatic N) is 1. The van der Waals surface area contributed by atoms with Crippen LogP contribution in [-0.2, 0) is 9.53 Å². The van der Waals surface area contributed by atoms with Gasteiger partial charge in [0.05, 0.1) is 6.10 Å². The van der Waals surface area contributed by atoms with Crippen LogP contribution in [0.5, 0.6) is 0 Å². The van der Waals surface area contributed by atoms with Crippen molar-refractivity contribution in [3.05, 3.63) is 30.3 Å². The van der Waals surface area contributed by atoms with Crippen LogP contribution in [0, 0.1) is 5.92 Å². The van der Waals surface area contributed by atoms with E-state index in [0.29, 0.717) is 6.04 Å². The van der Waals surface area contributed by atoms with Crippen molar-refractivity contribution in [3.63, 3.8) is 0 Å². The second kappa shape index (κ2) is 6.29. The van der Waals surface area contributed by atoms with Crippen molar-refractivity contribution in [2.75, 3.05) is 4.90 Å². The summed E-state index contributed by atoms with van der Waals surface area (Å²) in [5.41, 5.74) is 1.12. The van der Waals surface area contributed by atoms with E-state index in [4.69, 9.17) is 4.74 Å². The summed E-state index contributed by atoms with van der Waals surface area (Å²) in [6.45, 7) is 7.98. The highest BCUT2D eigenvalue weighted by Gasteiger charge is 2.40. The predicted molar refractivity (Wildman–Crippen MR) is 81.8 cm³/mol. The highest BCUT2D eigenvalue weighted by molar-refractivity contribution is 5.81. The number of esters is 1. The molecule has 0 N–H and O–H groups in total. The molecule has 0 heterocycles. The molecular formula is C17H25NO2. The number of hydrogen-bond acceptors (Lipinski definition) is 3. The quantitative estimate of drug-likeness (QED) is 0.742. The minimum absolute atomic E-state index is 0.0689. The fourth-order valence-corrected chi connectivity index (χ4v) is 2.56. The smallest absolute Gasteiger partial charge is 0.329 e. The molecule has 0 bridgehead atoms. The Labute approximate surface area is 121 Å². The van der Waals surface area contributed by atoms with Gasteiger partial charge in [-0.2, -0.15) is 0 Å². The summed E-state index contributed by atoms with van der Waals surface area (Å²) in [4.78, 5) is 14.7. The molecule has 2 rings (SSSR count). The zero-order valence-electron chi connectivity index (χ0n) is 12.9. The molecule has 0 aromatic heterocycles. The Morgan fingerprint density at radius 3 is 2.20 bits per heavy atom. The third kappa shape index (κ3) is 3.53. The van der Waals surface area contributed by atoms with Crippen LogP contribution >= 0.6 is 0 Å². The van der Waals surface area contributed by atoms with E-state index in [-0.39, 0.29) is 24.0 Å². The zero-order valence-corrected chi connectivity index (χ0v) is 12.9. The lowest BCUT2D eigenvalue weighted by Gasteiger charge is -2.35. The largest absolute Gasteiger partial charge is 0.461 e. The topological polar surface area (TPSA) is 29.5 Å². The summed E-state index contributed by atoms with van der Waals surface area (Å²) < 4.78 is 5.47. The average molecular weight is 275 g/mol. The summed E-state index contributed by atoms with van der Waals surface area (Å²) in [6.07, 6.45) is 2.25. The lowest BCUT2D eigenvalue weighted by Crippen LogP contribution is -2.47. The lowest BCUT2D eigenvalue weighted by atomic mass is 10.0. The summed E-state index contributed by atoms with van der Waals surface area (Å²) in [5.74, 6) is 0.118. The molecule has 1 saturated carbocycles. The Morgan fingerprint density at radius 2 is 1.75 bits per heavy atom. The van der Waals surface area contributed by atoms with Gasteiger partial charge in [0.1, 0.15) is 6.04 Å². The highest BCUT2D eigenvalue weighted by Crippen LogP contribution is 2.35. The van der Waals surface area contributed by atoms with Gasteiger partial charge in [0, 0.05) is 11.7 Å². The number of carbonyl (C=O) groups excluding carboxylic acids is 1. The number of benzene rings is 1. The number of rotatable bonds is 6. The third-order valence-corrected chi connectivity index (χ3v) is 3.52. The van der Waals surface area contributed by atoms with Gasteiger partial charge in [-0.3, -0.25) is 0 Å². The summed E-state index contributed by atoms with van der Waals surface area (Å²) in [7, 11) is 0. The Kier molecular flexibility index (Phi) is 4.69. The molecule has 1 aromatic carbocycles. The van der Waals surface area contributed by atoms with Crippen LogP contribution < -0.4 is 4.90 Å². The highest BCUT2D eigenvalue weighted by atomic mass is 16.5. The fraction of sp³-hybridized carbons (Fsp3) is 0.588. The molecule has 0 radical (unpaired) electrons. The van der Waals surface area contributed by atoms with Gasteiger partial charge in [0.15, 0.2) is 0 Å². The first-order chi connectivity index (χ1) is 9.50. The molecule has 1 fully saturated rings. The van der Waals surface area contributed by atoms with Gasteiger partial charge in [-0.1, -0.05) is 32.0 Å². The molecule has 0 aliphatic heterocycles. The molecule has 3 nitrogen and oxygen atoms in total. The summed E-state index contributed by atoms with van der Waals surface area (Å²) in [6, 6.07) is 10.5. The van der Waals surface area contributed by atoms with Gasteiger partial charge < -0.3 is 9.64 Å². The van der Waals surface area contributed by atoms with Gasteiger partial charge in [0.2, 0.25) is 0 Å². The van der Waals surface area contributed by atoms with Crippen LogP contribution in [0.1, 0.15) is 40.5 Å². The molecule has 0 amide bonds. The summed E-state index contributed by atoms with van der Waals surface area (Å²) >= 11 is 0. The number of anilines is 1. The third-order valence-electron chi connectivity index (χ3n) is 3.52. The maximum atomic E-state index is 12.5. The minimum atomic E-state index is -0.202. The molecule has 1 aliphatic carbocycles. The van der Waals surface area contributed by atoms with E-state index in [1.54, 1.807) is 0 Å².